The Morgan fingerprint density at radius 2 is 1.84 bits per heavy atom. The van der Waals surface area contributed by atoms with Crippen LogP contribution in [0.25, 0.3) is 27.9 Å². The first-order chi connectivity index (χ1) is 11.8. The van der Waals surface area contributed by atoms with E-state index in [2.05, 4.69) is 20.3 Å². The average molecular weight is 365 g/mol. The number of alkyl halides is 3. The molecule has 10 heteroatoms. The predicted molar refractivity (Wildman–Crippen MR) is 85.9 cm³/mol. The minimum absolute atomic E-state index is 0.00580. The van der Waals surface area contributed by atoms with Crippen LogP contribution in [0.4, 0.5) is 19.0 Å². The van der Waals surface area contributed by atoms with Crippen LogP contribution in [-0.2, 0) is 6.18 Å². The van der Waals surface area contributed by atoms with E-state index in [9.17, 15) is 13.2 Å². The topological polar surface area (TPSA) is 82.0 Å². The first kappa shape index (κ1) is 15.6. The van der Waals surface area contributed by atoms with Crippen molar-refractivity contribution in [2.75, 3.05) is 5.73 Å². The Morgan fingerprint density at radius 3 is 2.52 bits per heavy atom. The van der Waals surface area contributed by atoms with Crippen LogP contribution in [-0.4, -0.2) is 24.8 Å². The summed E-state index contributed by atoms with van der Waals surface area (Å²) in [6, 6.07) is 7.66. The van der Waals surface area contributed by atoms with E-state index >= 15 is 0 Å². The summed E-state index contributed by atoms with van der Waals surface area (Å²) < 4.78 is 40.1. The third kappa shape index (κ3) is 2.52. The van der Waals surface area contributed by atoms with Gasteiger partial charge in [0.15, 0.2) is 11.5 Å². The molecule has 0 aliphatic heterocycles. The average Bonchev–Trinajstić information content (AvgIpc) is 2.98. The van der Waals surface area contributed by atoms with Crippen molar-refractivity contribution in [1.82, 2.24) is 24.8 Å². The summed E-state index contributed by atoms with van der Waals surface area (Å²) in [5.74, 6) is -0.00580. The van der Waals surface area contributed by atoms with Gasteiger partial charge in [-0.3, -0.25) is 4.98 Å². The van der Waals surface area contributed by atoms with E-state index in [1.807, 2.05) is 0 Å². The van der Waals surface area contributed by atoms with E-state index in [-0.39, 0.29) is 22.5 Å². The molecule has 0 spiro atoms. The fourth-order valence-electron chi connectivity index (χ4n) is 2.47. The van der Waals surface area contributed by atoms with Gasteiger partial charge in [0.1, 0.15) is 11.2 Å². The molecule has 0 amide bonds. The third-order valence-electron chi connectivity index (χ3n) is 3.66. The molecule has 0 unspecified atom stereocenters. The van der Waals surface area contributed by atoms with Gasteiger partial charge in [-0.2, -0.15) is 17.7 Å². The first-order valence-corrected chi connectivity index (χ1v) is 7.36. The number of halogens is 4. The van der Waals surface area contributed by atoms with Crippen molar-refractivity contribution in [2.45, 2.75) is 6.18 Å². The van der Waals surface area contributed by atoms with Crippen LogP contribution in [0.15, 0.2) is 36.5 Å². The SMILES string of the molecule is Nc1nc2c(-c3ccc(Cl)cc3)nnn2c2cc(C(F)(F)F)cnc12. The van der Waals surface area contributed by atoms with Gasteiger partial charge in [0.2, 0.25) is 0 Å². The third-order valence-corrected chi connectivity index (χ3v) is 3.91. The molecule has 0 radical (unpaired) electrons. The molecule has 1 aromatic carbocycles. The Kier molecular flexibility index (Phi) is 3.29. The molecule has 0 bridgehead atoms. The van der Waals surface area contributed by atoms with Gasteiger partial charge in [-0.25, -0.2) is 4.98 Å². The van der Waals surface area contributed by atoms with Crippen molar-refractivity contribution < 1.29 is 13.2 Å². The monoisotopic (exact) mass is 364 g/mol. The lowest BCUT2D eigenvalue weighted by Gasteiger charge is -2.08. The summed E-state index contributed by atoms with van der Waals surface area (Å²) in [6.45, 7) is 0. The van der Waals surface area contributed by atoms with Gasteiger partial charge >= 0.3 is 6.18 Å². The maximum Gasteiger partial charge on any atom is 0.417 e. The quantitative estimate of drug-likeness (QED) is 0.558. The number of pyridine rings is 1. The summed E-state index contributed by atoms with van der Waals surface area (Å²) in [6.07, 6.45) is -3.83. The highest BCUT2D eigenvalue weighted by molar-refractivity contribution is 6.30. The molecule has 126 valence electrons. The molecule has 0 aliphatic carbocycles. The maximum absolute atomic E-state index is 13.0. The standard InChI is InChI=1S/C15H8ClF3N6/c16-9-3-1-7(2-4-9)11-14-22-13(20)12-10(25(14)24-23-11)5-8(6-21-12)15(17,18)19/h1-6H,(H2,20,22). The highest BCUT2D eigenvalue weighted by Crippen LogP contribution is 2.32. The van der Waals surface area contributed by atoms with E-state index in [0.717, 1.165) is 6.07 Å². The lowest BCUT2D eigenvalue weighted by atomic mass is 10.1. The normalized spacial score (nSPS) is 12.2. The van der Waals surface area contributed by atoms with E-state index in [1.54, 1.807) is 24.3 Å². The Labute approximate surface area is 143 Å². The van der Waals surface area contributed by atoms with Crippen molar-refractivity contribution in [1.29, 1.82) is 0 Å². The number of hydrogen-bond donors (Lipinski definition) is 1. The number of anilines is 1. The molecule has 3 aromatic heterocycles. The summed E-state index contributed by atoms with van der Waals surface area (Å²) in [4.78, 5) is 7.97. The Balaban J connectivity index is 2.02. The Morgan fingerprint density at radius 1 is 1.12 bits per heavy atom. The second-order valence-electron chi connectivity index (χ2n) is 5.27. The van der Waals surface area contributed by atoms with Crippen LogP contribution >= 0.6 is 11.6 Å². The second kappa shape index (κ2) is 5.28. The van der Waals surface area contributed by atoms with Gasteiger partial charge in [0.25, 0.3) is 0 Å². The number of hydrogen-bond acceptors (Lipinski definition) is 5. The summed E-state index contributed by atoms with van der Waals surface area (Å²) in [5, 5.41) is 8.48. The van der Waals surface area contributed by atoms with Gasteiger partial charge in [-0.15, -0.1) is 5.10 Å². The fraction of sp³-hybridized carbons (Fsp3) is 0.0667. The van der Waals surface area contributed by atoms with E-state index in [1.165, 1.54) is 4.52 Å². The van der Waals surface area contributed by atoms with Crippen molar-refractivity contribution in [2.24, 2.45) is 0 Å². The molecule has 0 aliphatic rings. The fourth-order valence-corrected chi connectivity index (χ4v) is 2.59. The van der Waals surface area contributed by atoms with Crippen LogP contribution in [0.5, 0.6) is 0 Å². The van der Waals surface area contributed by atoms with Crippen LogP contribution in [0, 0.1) is 0 Å². The van der Waals surface area contributed by atoms with Gasteiger partial charge in [-0.1, -0.05) is 28.9 Å². The maximum atomic E-state index is 13.0. The molecule has 3 heterocycles. The lowest BCUT2D eigenvalue weighted by molar-refractivity contribution is -0.137. The van der Waals surface area contributed by atoms with Gasteiger partial charge in [0, 0.05) is 16.8 Å². The van der Waals surface area contributed by atoms with E-state index in [0.29, 0.717) is 22.5 Å². The zero-order valence-corrected chi connectivity index (χ0v) is 13.0. The summed E-state index contributed by atoms with van der Waals surface area (Å²) in [7, 11) is 0. The van der Waals surface area contributed by atoms with Gasteiger partial charge in [0.05, 0.1) is 11.1 Å². The number of rotatable bonds is 1. The van der Waals surface area contributed by atoms with Crippen LogP contribution in [0.2, 0.25) is 5.02 Å². The number of nitrogens with two attached hydrogens (primary N) is 1. The Hall–Kier alpha value is -2.94. The molecule has 6 nitrogen and oxygen atoms in total. The minimum atomic E-state index is -4.54. The van der Waals surface area contributed by atoms with Gasteiger partial charge < -0.3 is 5.73 Å². The minimum Gasteiger partial charge on any atom is -0.382 e. The largest absolute Gasteiger partial charge is 0.417 e. The van der Waals surface area contributed by atoms with Crippen molar-refractivity contribution >= 4 is 34.1 Å². The molecular weight excluding hydrogens is 357 g/mol. The van der Waals surface area contributed by atoms with Crippen molar-refractivity contribution in [3.05, 3.63) is 47.1 Å². The van der Waals surface area contributed by atoms with Crippen LogP contribution in [0.3, 0.4) is 0 Å². The zero-order valence-electron chi connectivity index (χ0n) is 12.3. The number of nitrogens with zero attached hydrogens (tertiary/aromatic N) is 5. The summed E-state index contributed by atoms with van der Waals surface area (Å²) >= 11 is 5.86. The smallest absolute Gasteiger partial charge is 0.382 e. The van der Waals surface area contributed by atoms with Crippen LogP contribution < -0.4 is 5.73 Å². The zero-order chi connectivity index (χ0) is 17.8. The molecule has 0 fully saturated rings. The second-order valence-corrected chi connectivity index (χ2v) is 5.70. The molecule has 4 rings (SSSR count). The predicted octanol–water partition coefficient (Wildman–Crippen LogP) is 3.59. The van der Waals surface area contributed by atoms with Crippen molar-refractivity contribution in [3.8, 4) is 11.3 Å². The highest BCUT2D eigenvalue weighted by atomic mass is 35.5. The Bertz CT molecular complexity index is 1100. The molecule has 0 saturated heterocycles. The van der Waals surface area contributed by atoms with Crippen molar-refractivity contribution in [3.63, 3.8) is 0 Å². The number of aromatic nitrogens is 5. The van der Waals surface area contributed by atoms with Crippen LogP contribution in [0.1, 0.15) is 5.56 Å². The van der Waals surface area contributed by atoms with E-state index < -0.39 is 11.7 Å². The number of benzene rings is 1. The molecule has 2 N–H and O–H groups in total. The molecular formula is C15H8ClF3N6. The summed E-state index contributed by atoms with van der Waals surface area (Å²) in [5.41, 5.74) is 6.42. The molecule has 0 atom stereocenters. The number of nitrogen functional groups attached to an aromatic ring is 1. The van der Waals surface area contributed by atoms with E-state index in [4.69, 9.17) is 17.3 Å². The molecule has 4 aromatic rings. The lowest BCUT2D eigenvalue weighted by Crippen LogP contribution is -2.08. The number of fused-ring (bicyclic) bond motifs is 3. The van der Waals surface area contributed by atoms with Gasteiger partial charge in [-0.05, 0) is 18.2 Å². The first-order valence-electron chi connectivity index (χ1n) is 6.98. The highest BCUT2D eigenvalue weighted by Gasteiger charge is 2.32. The molecule has 25 heavy (non-hydrogen) atoms. The molecule has 0 saturated carbocycles.